The average molecular weight is 395 g/mol. The van der Waals surface area contributed by atoms with E-state index in [0.717, 1.165) is 4.68 Å². The fraction of sp³-hybridized carbons (Fsp3) is 0.412. The quantitative estimate of drug-likeness (QED) is 0.832. The number of rotatable bonds is 2. The lowest BCUT2D eigenvalue weighted by atomic mass is 10.2. The van der Waals surface area contributed by atoms with Crippen LogP contribution < -0.4 is 15.0 Å². The SMILES string of the molecule is CN1C(=O)[C@@H](NC(=O)c2nc3n(n2)[C@H](C(F)(F)F)CC3)COc2ccccc21. The molecule has 28 heavy (non-hydrogen) atoms. The Kier molecular flexibility index (Phi) is 4.24. The van der Waals surface area contributed by atoms with E-state index in [-0.39, 0.29) is 25.3 Å². The lowest BCUT2D eigenvalue weighted by molar-refractivity contribution is -0.168. The van der Waals surface area contributed by atoms with Gasteiger partial charge in [0.15, 0.2) is 0 Å². The number of amides is 2. The number of nitrogens with one attached hydrogen (secondary N) is 1. The van der Waals surface area contributed by atoms with Gasteiger partial charge in [0.2, 0.25) is 5.82 Å². The van der Waals surface area contributed by atoms with Crippen LogP contribution in [0.3, 0.4) is 0 Å². The summed E-state index contributed by atoms with van der Waals surface area (Å²) in [6, 6.07) is 4.09. The molecule has 1 N–H and O–H groups in total. The molecule has 3 heterocycles. The van der Waals surface area contributed by atoms with E-state index < -0.39 is 35.9 Å². The van der Waals surface area contributed by atoms with Gasteiger partial charge in [-0.15, -0.1) is 5.10 Å². The maximum atomic E-state index is 13.0. The van der Waals surface area contributed by atoms with E-state index in [0.29, 0.717) is 11.4 Å². The summed E-state index contributed by atoms with van der Waals surface area (Å²) in [4.78, 5) is 30.3. The van der Waals surface area contributed by atoms with Crippen molar-refractivity contribution in [2.24, 2.45) is 0 Å². The number of anilines is 1. The molecule has 2 aromatic rings. The van der Waals surface area contributed by atoms with Gasteiger partial charge in [-0.25, -0.2) is 9.67 Å². The predicted molar refractivity (Wildman–Crippen MR) is 90.0 cm³/mol. The molecule has 2 amide bonds. The number of carbonyl (C=O) groups is 2. The average Bonchev–Trinajstić information content (AvgIpc) is 3.21. The second-order valence-electron chi connectivity index (χ2n) is 6.59. The molecule has 1 aromatic carbocycles. The number of nitrogens with zero attached hydrogens (tertiary/aromatic N) is 4. The van der Waals surface area contributed by atoms with Crippen molar-refractivity contribution in [3.8, 4) is 5.75 Å². The molecule has 0 aliphatic carbocycles. The summed E-state index contributed by atoms with van der Waals surface area (Å²) in [7, 11) is 1.55. The summed E-state index contributed by atoms with van der Waals surface area (Å²) in [6.07, 6.45) is -4.54. The minimum Gasteiger partial charge on any atom is -0.489 e. The van der Waals surface area contributed by atoms with Crippen LogP contribution >= 0.6 is 0 Å². The van der Waals surface area contributed by atoms with Crippen molar-refractivity contribution in [2.45, 2.75) is 31.1 Å². The van der Waals surface area contributed by atoms with Gasteiger partial charge in [-0.1, -0.05) is 12.1 Å². The Hall–Kier alpha value is -3.11. The maximum Gasteiger partial charge on any atom is 0.410 e. The monoisotopic (exact) mass is 395 g/mol. The van der Waals surface area contributed by atoms with E-state index in [1.807, 2.05) is 0 Å². The van der Waals surface area contributed by atoms with Crippen LogP contribution in [0.4, 0.5) is 18.9 Å². The Labute approximate surface area is 157 Å². The van der Waals surface area contributed by atoms with Gasteiger partial charge in [-0.05, 0) is 18.6 Å². The molecule has 0 radical (unpaired) electrons. The Morgan fingerprint density at radius 2 is 2.07 bits per heavy atom. The highest BCUT2D eigenvalue weighted by Crippen LogP contribution is 2.38. The standard InChI is InChI=1S/C17H16F3N5O3/c1-24-10-4-2-3-5-11(10)28-8-9(16(24)27)21-15(26)14-22-13-7-6-12(17(18,19)20)25(13)23-14/h2-5,9,12H,6-8H2,1H3,(H,21,26)/t9-,12-/m0/s1. The van der Waals surface area contributed by atoms with Gasteiger partial charge in [0.1, 0.15) is 30.3 Å². The van der Waals surface area contributed by atoms with E-state index in [1.165, 1.54) is 4.90 Å². The number of fused-ring (bicyclic) bond motifs is 2. The number of carbonyl (C=O) groups excluding carboxylic acids is 2. The molecule has 4 rings (SSSR count). The summed E-state index contributed by atoms with van der Waals surface area (Å²) >= 11 is 0. The third-order valence-electron chi connectivity index (χ3n) is 4.79. The first kappa shape index (κ1) is 18.3. The second-order valence-corrected chi connectivity index (χ2v) is 6.59. The zero-order chi connectivity index (χ0) is 20.1. The molecule has 1 aromatic heterocycles. The third kappa shape index (κ3) is 3.06. The molecule has 0 saturated carbocycles. The molecule has 2 aliphatic heterocycles. The molecule has 8 nitrogen and oxygen atoms in total. The number of ether oxygens (including phenoxy) is 1. The molecular formula is C17H16F3N5O3. The van der Waals surface area contributed by atoms with Crippen LogP contribution in [0.2, 0.25) is 0 Å². The minimum atomic E-state index is -4.47. The maximum absolute atomic E-state index is 13.0. The molecule has 0 spiro atoms. The topological polar surface area (TPSA) is 89.4 Å². The lowest BCUT2D eigenvalue weighted by Gasteiger charge is -2.19. The largest absolute Gasteiger partial charge is 0.489 e. The van der Waals surface area contributed by atoms with E-state index in [1.54, 1.807) is 31.3 Å². The minimum absolute atomic E-state index is 0.0774. The number of benzene rings is 1. The Morgan fingerprint density at radius 3 is 2.82 bits per heavy atom. The number of hydrogen-bond donors (Lipinski definition) is 1. The zero-order valence-corrected chi connectivity index (χ0v) is 14.7. The number of aryl methyl sites for hydroxylation is 1. The summed E-state index contributed by atoms with van der Waals surface area (Å²) in [6.45, 7) is -0.120. The van der Waals surface area contributed by atoms with E-state index >= 15 is 0 Å². The first-order chi connectivity index (χ1) is 13.3. The first-order valence-corrected chi connectivity index (χ1v) is 8.58. The van der Waals surface area contributed by atoms with Gasteiger partial charge in [-0.2, -0.15) is 13.2 Å². The Bertz CT molecular complexity index is 942. The molecule has 2 atom stereocenters. The van der Waals surface area contributed by atoms with Crippen molar-refractivity contribution in [1.82, 2.24) is 20.1 Å². The van der Waals surface area contributed by atoms with Crippen LogP contribution in [-0.4, -0.2) is 52.5 Å². The van der Waals surface area contributed by atoms with E-state index in [9.17, 15) is 22.8 Å². The summed E-state index contributed by atoms with van der Waals surface area (Å²) in [5, 5.41) is 6.18. The molecule has 0 fully saturated rings. The van der Waals surface area contributed by atoms with Gasteiger partial charge < -0.3 is 15.0 Å². The van der Waals surface area contributed by atoms with Crippen LogP contribution in [0.25, 0.3) is 0 Å². The van der Waals surface area contributed by atoms with Crippen molar-refractivity contribution in [1.29, 1.82) is 0 Å². The normalized spacial score (nSPS) is 21.6. The molecule has 0 unspecified atom stereocenters. The van der Waals surface area contributed by atoms with Crippen molar-refractivity contribution in [3.05, 3.63) is 35.9 Å². The van der Waals surface area contributed by atoms with Crippen molar-refractivity contribution >= 4 is 17.5 Å². The molecule has 148 valence electrons. The molecule has 11 heteroatoms. The van der Waals surface area contributed by atoms with Gasteiger partial charge in [0.25, 0.3) is 11.8 Å². The highest BCUT2D eigenvalue weighted by atomic mass is 19.4. The van der Waals surface area contributed by atoms with Crippen molar-refractivity contribution in [2.75, 3.05) is 18.6 Å². The molecule has 0 bridgehead atoms. The van der Waals surface area contributed by atoms with Crippen LogP contribution in [0.1, 0.15) is 28.9 Å². The second kappa shape index (κ2) is 6.50. The van der Waals surface area contributed by atoms with E-state index in [2.05, 4.69) is 15.4 Å². The van der Waals surface area contributed by atoms with Gasteiger partial charge in [0, 0.05) is 13.5 Å². The smallest absolute Gasteiger partial charge is 0.410 e. The van der Waals surface area contributed by atoms with Gasteiger partial charge in [-0.3, -0.25) is 9.59 Å². The van der Waals surface area contributed by atoms with Crippen molar-refractivity contribution < 1.29 is 27.5 Å². The highest BCUT2D eigenvalue weighted by molar-refractivity contribution is 6.02. The predicted octanol–water partition coefficient (Wildman–Crippen LogP) is 1.48. The zero-order valence-electron chi connectivity index (χ0n) is 14.7. The lowest BCUT2D eigenvalue weighted by Crippen LogP contribution is -2.49. The van der Waals surface area contributed by atoms with E-state index in [4.69, 9.17) is 4.74 Å². The molecular weight excluding hydrogens is 379 g/mol. The molecule has 0 saturated heterocycles. The third-order valence-corrected chi connectivity index (χ3v) is 4.79. The number of alkyl halides is 3. The van der Waals surface area contributed by atoms with Gasteiger partial charge in [0.05, 0.1) is 5.69 Å². The number of aromatic nitrogens is 3. The van der Waals surface area contributed by atoms with Crippen LogP contribution in [0, 0.1) is 0 Å². The highest BCUT2D eigenvalue weighted by Gasteiger charge is 2.46. The summed E-state index contributed by atoms with van der Waals surface area (Å²) < 4.78 is 45.4. The fourth-order valence-corrected chi connectivity index (χ4v) is 3.34. The number of para-hydroxylation sites is 2. The first-order valence-electron chi connectivity index (χ1n) is 8.58. The number of halogens is 3. The van der Waals surface area contributed by atoms with Crippen LogP contribution in [0.15, 0.2) is 24.3 Å². The van der Waals surface area contributed by atoms with Crippen LogP contribution in [-0.2, 0) is 11.2 Å². The Balaban J connectivity index is 1.51. The summed E-state index contributed by atoms with van der Waals surface area (Å²) in [5.41, 5.74) is 0.552. The Morgan fingerprint density at radius 1 is 1.32 bits per heavy atom. The molecule has 2 aliphatic rings. The number of hydrogen-bond acceptors (Lipinski definition) is 5. The van der Waals surface area contributed by atoms with Crippen LogP contribution in [0.5, 0.6) is 5.75 Å². The van der Waals surface area contributed by atoms with Gasteiger partial charge >= 0.3 is 6.18 Å². The number of likely N-dealkylation sites (N-methyl/N-ethyl adjacent to an activating group) is 1. The fourth-order valence-electron chi connectivity index (χ4n) is 3.34. The summed E-state index contributed by atoms with van der Waals surface area (Å²) in [5.74, 6) is -1.06. The van der Waals surface area contributed by atoms with Crippen molar-refractivity contribution in [3.63, 3.8) is 0 Å².